The van der Waals surface area contributed by atoms with E-state index in [1.54, 1.807) is 6.20 Å². The van der Waals surface area contributed by atoms with Gasteiger partial charge in [-0.3, -0.25) is 9.79 Å². The van der Waals surface area contributed by atoms with Gasteiger partial charge in [0.2, 0.25) is 0 Å². The van der Waals surface area contributed by atoms with E-state index in [0.717, 1.165) is 29.4 Å². The molecule has 1 spiro atoms. The highest BCUT2D eigenvalue weighted by Gasteiger charge is 2.47. The fraction of sp³-hybridized carbons (Fsp3) is 0.208. The molecule has 2 aromatic carbocycles. The molecule has 0 aliphatic carbocycles. The van der Waals surface area contributed by atoms with Crippen LogP contribution in [0.4, 0.5) is 20.3 Å². The van der Waals surface area contributed by atoms with Gasteiger partial charge in [-0.15, -0.1) is 0 Å². The van der Waals surface area contributed by atoms with Crippen LogP contribution < -0.4 is 10.6 Å². The number of aromatic nitrogens is 1. The number of anilines is 2. The van der Waals surface area contributed by atoms with Crippen molar-refractivity contribution < 1.29 is 13.6 Å². The highest BCUT2D eigenvalue weighted by Crippen LogP contribution is 2.36. The van der Waals surface area contributed by atoms with E-state index in [4.69, 9.17) is 4.99 Å². The van der Waals surface area contributed by atoms with Crippen molar-refractivity contribution in [3.05, 3.63) is 89.6 Å². The van der Waals surface area contributed by atoms with Gasteiger partial charge in [0.15, 0.2) is 5.82 Å². The topological polar surface area (TPSA) is 69.6 Å². The van der Waals surface area contributed by atoms with Crippen molar-refractivity contribution in [2.75, 3.05) is 23.7 Å². The molecule has 2 aliphatic rings. The normalized spacial score (nSPS) is 20.7. The van der Waals surface area contributed by atoms with Gasteiger partial charge in [-0.25, -0.2) is 13.8 Å². The number of aliphatic imine (C=N–C) groups is 1. The standard InChI is InChI=1S/C24H21F2N5O/c25-17-8-9-19(26)18(13-17)22(32)31-12-10-24(15-31)23(28-14-16-5-2-1-3-6-16)29-21-20(30-24)7-4-11-27-21/h1-9,11,13,30H,10,12,14-15H2,(H,27,28,29)/t24-/m0/s1. The predicted molar refractivity (Wildman–Crippen MR) is 119 cm³/mol. The third-order valence-electron chi connectivity index (χ3n) is 5.85. The van der Waals surface area contributed by atoms with Crippen LogP contribution in [0.1, 0.15) is 22.3 Å². The number of nitrogens with zero attached hydrogens (tertiary/aromatic N) is 3. The number of carbonyl (C=O) groups is 1. The molecule has 2 aliphatic heterocycles. The smallest absolute Gasteiger partial charge is 0.257 e. The fourth-order valence-corrected chi connectivity index (χ4v) is 4.21. The zero-order valence-electron chi connectivity index (χ0n) is 17.2. The molecule has 1 aromatic heterocycles. The van der Waals surface area contributed by atoms with Crippen LogP contribution >= 0.6 is 0 Å². The molecule has 5 rings (SSSR count). The average molecular weight is 433 g/mol. The van der Waals surface area contributed by atoms with E-state index >= 15 is 0 Å². The summed E-state index contributed by atoms with van der Waals surface area (Å²) in [5.74, 6) is -0.598. The monoisotopic (exact) mass is 433 g/mol. The van der Waals surface area contributed by atoms with Crippen molar-refractivity contribution in [1.29, 1.82) is 0 Å². The third kappa shape index (κ3) is 3.68. The van der Waals surface area contributed by atoms with Crippen LogP contribution in [0.3, 0.4) is 0 Å². The van der Waals surface area contributed by atoms with Crippen LogP contribution in [0.15, 0.2) is 71.9 Å². The lowest BCUT2D eigenvalue weighted by Gasteiger charge is -2.38. The minimum absolute atomic E-state index is 0.261. The third-order valence-corrected chi connectivity index (χ3v) is 5.85. The van der Waals surface area contributed by atoms with E-state index < -0.39 is 23.1 Å². The lowest BCUT2D eigenvalue weighted by molar-refractivity contribution is 0.0784. The second-order valence-electron chi connectivity index (χ2n) is 7.98. The number of rotatable bonds is 3. The second-order valence-corrected chi connectivity index (χ2v) is 7.98. The number of fused-ring (bicyclic) bond motifs is 1. The Hall–Kier alpha value is -3.81. The van der Waals surface area contributed by atoms with E-state index in [9.17, 15) is 13.6 Å². The Morgan fingerprint density at radius 1 is 1.12 bits per heavy atom. The maximum absolute atomic E-state index is 14.2. The molecule has 0 saturated carbocycles. The molecule has 0 unspecified atom stereocenters. The van der Waals surface area contributed by atoms with Crippen LogP contribution in [0, 0.1) is 11.6 Å². The van der Waals surface area contributed by atoms with Gasteiger partial charge in [0.05, 0.1) is 24.3 Å². The van der Waals surface area contributed by atoms with Gasteiger partial charge in [-0.05, 0) is 42.3 Å². The van der Waals surface area contributed by atoms with Crippen molar-refractivity contribution in [2.24, 2.45) is 4.99 Å². The summed E-state index contributed by atoms with van der Waals surface area (Å²) in [6.07, 6.45) is 2.25. The van der Waals surface area contributed by atoms with Gasteiger partial charge in [-0.1, -0.05) is 30.3 Å². The van der Waals surface area contributed by atoms with Crippen molar-refractivity contribution in [2.45, 2.75) is 18.5 Å². The molecule has 1 amide bonds. The molecule has 6 nitrogen and oxygen atoms in total. The summed E-state index contributed by atoms with van der Waals surface area (Å²) < 4.78 is 27.9. The van der Waals surface area contributed by atoms with Crippen molar-refractivity contribution in [3.63, 3.8) is 0 Å². The maximum atomic E-state index is 14.2. The molecule has 32 heavy (non-hydrogen) atoms. The summed E-state index contributed by atoms with van der Waals surface area (Å²) in [5.41, 5.74) is 0.911. The molecular formula is C24H21F2N5O. The Kier molecular flexibility index (Phi) is 5.05. The largest absolute Gasteiger partial charge is 0.368 e. The van der Waals surface area contributed by atoms with Crippen LogP contribution in [-0.4, -0.2) is 40.3 Å². The molecule has 3 aromatic rings. The molecule has 0 bridgehead atoms. The minimum atomic E-state index is -0.736. The van der Waals surface area contributed by atoms with E-state index in [-0.39, 0.29) is 12.1 Å². The van der Waals surface area contributed by atoms with E-state index in [1.165, 1.54) is 4.90 Å². The summed E-state index contributed by atoms with van der Waals surface area (Å²) in [5, 5.41) is 6.83. The first kappa shape index (κ1) is 20.1. The Labute approximate surface area is 184 Å². The lowest BCUT2D eigenvalue weighted by Crippen LogP contribution is -2.55. The van der Waals surface area contributed by atoms with Gasteiger partial charge in [0, 0.05) is 12.7 Å². The van der Waals surface area contributed by atoms with E-state index in [0.29, 0.717) is 31.2 Å². The quantitative estimate of drug-likeness (QED) is 0.653. The molecule has 1 fully saturated rings. The molecule has 0 radical (unpaired) electrons. The van der Waals surface area contributed by atoms with Gasteiger partial charge >= 0.3 is 0 Å². The second kappa shape index (κ2) is 8.03. The molecule has 2 N–H and O–H groups in total. The van der Waals surface area contributed by atoms with E-state index in [1.807, 2.05) is 42.5 Å². The summed E-state index contributed by atoms with van der Waals surface area (Å²) in [6.45, 7) is 1.10. The number of nitrogens with one attached hydrogen (secondary N) is 2. The van der Waals surface area contributed by atoms with Crippen molar-refractivity contribution >= 4 is 23.2 Å². The molecule has 1 saturated heterocycles. The first-order valence-electron chi connectivity index (χ1n) is 10.4. The number of hydrogen-bond acceptors (Lipinski definition) is 4. The van der Waals surface area contributed by atoms with Crippen LogP contribution in [0.25, 0.3) is 0 Å². The van der Waals surface area contributed by atoms with Crippen molar-refractivity contribution in [3.8, 4) is 0 Å². The zero-order valence-corrected chi connectivity index (χ0v) is 17.2. The molecular weight excluding hydrogens is 412 g/mol. The Balaban J connectivity index is 1.46. The van der Waals surface area contributed by atoms with E-state index in [2.05, 4.69) is 15.6 Å². The SMILES string of the molecule is O=C(c1cc(F)ccc1F)N1CC[C@@]2(C1)Nc1cccnc1NC2=NCc1ccccc1. The van der Waals surface area contributed by atoms with Gasteiger partial charge in [0.1, 0.15) is 23.0 Å². The van der Waals surface area contributed by atoms with Crippen LogP contribution in [-0.2, 0) is 6.54 Å². The van der Waals surface area contributed by atoms with Crippen LogP contribution in [0.2, 0.25) is 0 Å². The maximum Gasteiger partial charge on any atom is 0.257 e. The molecule has 3 heterocycles. The Morgan fingerprint density at radius 3 is 2.81 bits per heavy atom. The Bertz CT molecular complexity index is 1200. The zero-order chi connectivity index (χ0) is 22.1. The first-order valence-corrected chi connectivity index (χ1v) is 10.4. The summed E-state index contributed by atoms with van der Waals surface area (Å²) in [4.78, 5) is 23.7. The van der Waals surface area contributed by atoms with Gasteiger partial charge in [-0.2, -0.15) is 0 Å². The number of carbonyl (C=O) groups excluding carboxylic acids is 1. The highest BCUT2D eigenvalue weighted by molar-refractivity contribution is 6.09. The first-order chi connectivity index (χ1) is 15.5. The van der Waals surface area contributed by atoms with Crippen molar-refractivity contribution in [1.82, 2.24) is 9.88 Å². The molecule has 1 atom stereocenters. The number of benzene rings is 2. The minimum Gasteiger partial charge on any atom is -0.368 e. The number of halogens is 2. The fourth-order valence-electron chi connectivity index (χ4n) is 4.21. The van der Waals surface area contributed by atoms with Gasteiger partial charge in [0.25, 0.3) is 5.91 Å². The van der Waals surface area contributed by atoms with Gasteiger partial charge < -0.3 is 15.5 Å². The highest BCUT2D eigenvalue weighted by atomic mass is 19.1. The lowest BCUT2D eigenvalue weighted by atomic mass is 9.93. The summed E-state index contributed by atoms with van der Waals surface area (Å²) in [7, 11) is 0. The predicted octanol–water partition coefficient (Wildman–Crippen LogP) is 4.08. The average Bonchev–Trinajstić information content (AvgIpc) is 3.24. The Morgan fingerprint density at radius 2 is 1.97 bits per heavy atom. The summed E-state index contributed by atoms with van der Waals surface area (Å²) >= 11 is 0. The summed E-state index contributed by atoms with van der Waals surface area (Å²) in [6, 6.07) is 16.5. The number of hydrogen-bond donors (Lipinski definition) is 2. The van der Waals surface area contributed by atoms with Crippen LogP contribution in [0.5, 0.6) is 0 Å². The number of amides is 1. The molecule has 8 heteroatoms. The number of pyridine rings is 1. The number of likely N-dealkylation sites (tertiary alicyclic amines) is 1. The molecule has 162 valence electrons. The number of amidine groups is 1.